The van der Waals surface area contributed by atoms with Gasteiger partial charge in [0.1, 0.15) is 0 Å². The highest BCUT2D eigenvalue weighted by Gasteiger charge is 2.15. The molecule has 6 nitrogen and oxygen atoms in total. The van der Waals surface area contributed by atoms with Crippen LogP contribution in [0.3, 0.4) is 0 Å². The van der Waals surface area contributed by atoms with E-state index in [0.29, 0.717) is 23.8 Å². The molecule has 0 aliphatic carbocycles. The van der Waals surface area contributed by atoms with Crippen LogP contribution in [0.5, 0.6) is 17.2 Å². The number of aryl methyl sites for hydroxylation is 1. The van der Waals surface area contributed by atoms with Crippen LogP contribution in [-0.4, -0.2) is 31.1 Å². The highest BCUT2D eigenvalue weighted by Crippen LogP contribution is 2.39. The summed E-state index contributed by atoms with van der Waals surface area (Å²) in [6, 6.07) is 3.81. The van der Waals surface area contributed by atoms with Gasteiger partial charge in [-0.2, -0.15) is 5.10 Å². The van der Waals surface area contributed by atoms with Crippen LogP contribution in [0.4, 0.5) is 5.69 Å². The smallest absolute Gasteiger partial charge is 0.203 e. The number of methoxy groups -OCH3 is 3. The maximum absolute atomic E-state index is 5.44. The summed E-state index contributed by atoms with van der Waals surface area (Å²) < 4.78 is 17.8. The minimum Gasteiger partial charge on any atom is -0.493 e. The van der Waals surface area contributed by atoms with Crippen LogP contribution in [-0.2, 0) is 13.6 Å². The lowest BCUT2D eigenvalue weighted by Gasteiger charge is -2.16. The van der Waals surface area contributed by atoms with Gasteiger partial charge < -0.3 is 19.5 Å². The van der Waals surface area contributed by atoms with Gasteiger partial charge in [-0.25, -0.2) is 0 Å². The molecular weight excluding hydrogens is 258 g/mol. The number of nitrogens with one attached hydrogen (secondary N) is 1. The van der Waals surface area contributed by atoms with Gasteiger partial charge in [-0.05, 0) is 12.1 Å². The van der Waals surface area contributed by atoms with Gasteiger partial charge in [0.15, 0.2) is 11.5 Å². The Morgan fingerprint density at radius 2 is 1.85 bits per heavy atom. The molecule has 0 spiro atoms. The number of benzene rings is 1. The van der Waals surface area contributed by atoms with E-state index in [1.807, 2.05) is 25.4 Å². The molecule has 0 amide bonds. The van der Waals surface area contributed by atoms with Crippen molar-refractivity contribution in [2.45, 2.75) is 6.54 Å². The lowest BCUT2D eigenvalue weighted by molar-refractivity contribution is 0.322. The van der Waals surface area contributed by atoms with Gasteiger partial charge in [-0.3, -0.25) is 4.68 Å². The Balaban J connectivity index is 2.22. The van der Waals surface area contributed by atoms with E-state index in [0.717, 1.165) is 11.3 Å². The molecule has 2 aromatic rings. The third-order valence-electron chi connectivity index (χ3n) is 2.97. The maximum atomic E-state index is 5.44. The van der Waals surface area contributed by atoms with Crippen molar-refractivity contribution in [1.82, 2.24) is 9.78 Å². The Bertz CT molecular complexity index is 581. The Morgan fingerprint density at radius 3 is 2.40 bits per heavy atom. The Labute approximate surface area is 118 Å². The molecule has 2 rings (SSSR count). The van der Waals surface area contributed by atoms with Gasteiger partial charge in [0.25, 0.3) is 0 Å². The lowest BCUT2D eigenvalue weighted by Crippen LogP contribution is -2.03. The van der Waals surface area contributed by atoms with Crippen LogP contribution in [0.25, 0.3) is 0 Å². The van der Waals surface area contributed by atoms with Crippen molar-refractivity contribution < 1.29 is 14.2 Å². The first kappa shape index (κ1) is 14.0. The summed E-state index contributed by atoms with van der Waals surface area (Å²) in [5.41, 5.74) is 1.93. The molecule has 20 heavy (non-hydrogen) atoms. The van der Waals surface area contributed by atoms with E-state index in [1.165, 1.54) is 0 Å². The molecule has 6 heteroatoms. The minimum atomic E-state index is 0.598. The van der Waals surface area contributed by atoms with Crippen molar-refractivity contribution in [2.24, 2.45) is 7.05 Å². The fourth-order valence-corrected chi connectivity index (χ4v) is 2.01. The summed E-state index contributed by atoms with van der Waals surface area (Å²) in [6.07, 6.45) is 3.68. The van der Waals surface area contributed by atoms with Crippen LogP contribution >= 0.6 is 0 Å². The van der Waals surface area contributed by atoms with Crippen molar-refractivity contribution in [1.29, 1.82) is 0 Å². The van der Waals surface area contributed by atoms with Crippen molar-refractivity contribution >= 4 is 5.69 Å². The van der Waals surface area contributed by atoms with E-state index >= 15 is 0 Å². The van der Waals surface area contributed by atoms with Gasteiger partial charge >= 0.3 is 0 Å². The van der Waals surface area contributed by atoms with Crippen molar-refractivity contribution in [3.05, 3.63) is 30.1 Å². The Morgan fingerprint density at radius 1 is 1.10 bits per heavy atom. The van der Waals surface area contributed by atoms with Gasteiger partial charge in [-0.1, -0.05) is 0 Å². The largest absolute Gasteiger partial charge is 0.493 e. The number of aromatic nitrogens is 2. The average molecular weight is 277 g/mol. The summed E-state index contributed by atoms with van der Waals surface area (Å²) in [5.74, 6) is 1.92. The highest BCUT2D eigenvalue weighted by molar-refractivity contribution is 5.56. The number of ether oxygens (including phenoxy) is 3. The van der Waals surface area contributed by atoms with E-state index in [1.54, 1.807) is 32.2 Å². The molecule has 0 aliphatic heterocycles. The molecule has 0 atom stereocenters. The predicted octanol–water partition coefficient (Wildman–Crippen LogP) is 2.06. The molecule has 0 unspecified atom stereocenters. The topological polar surface area (TPSA) is 57.5 Å². The third kappa shape index (κ3) is 2.79. The molecule has 0 fully saturated rings. The molecule has 0 saturated heterocycles. The summed E-state index contributed by atoms with van der Waals surface area (Å²) in [5, 5.41) is 7.40. The zero-order chi connectivity index (χ0) is 14.5. The molecule has 1 N–H and O–H groups in total. The van der Waals surface area contributed by atoms with Crippen molar-refractivity contribution in [3.8, 4) is 17.2 Å². The van der Waals surface area contributed by atoms with Crippen LogP contribution < -0.4 is 19.5 Å². The van der Waals surface area contributed by atoms with E-state index in [4.69, 9.17) is 14.2 Å². The second kappa shape index (κ2) is 6.18. The van der Waals surface area contributed by atoms with Gasteiger partial charge in [0.2, 0.25) is 5.75 Å². The molecular formula is C14H19N3O3. The summed E-state index contributed by atoms with van der Waals surface area (Å²) in [4.78, 5) is 0. The number of hydrogen-bond donors (Lipinski definition) is 1. The number of rotatable bonds is 6. The predicted molar refractivity (Wildman–Crippen MR) is 76.6 cm³/mol. The fraction of sp³-hybridized carbons (Fsp3) is 0.357. The van der Waals surface area contributed by atoms with Gasteiger partial charge in [-0.15, -0.1) is 0 Å². The molecule has 0 saturated carbocycles. The highest BCUT2D eigenvalue weighted by atomic mass is 16.5. The molecule has 0 bridgehead atoms. The number of hydrogen-bond acceptors (Lipinski definition) is 5. The van der Waals surface area contributed by atoms with Crippen molar-refractivity contribution in [2.75, 3.05) is 26.6 Å². The minimum absolute atomic E-state index is 0.598. The first-order chi connectivity index (χ1) is 9.69. The standard InChI is InChI=1S/C14H19N3O3/c1-17-9-11(8-16-17)15-7-10-5-6-12(18-2)14(20-4)13(10)19-3/h5-6,8-9,15H,7H2,1-4H3. The van der Waals surface area contributed by atoms with Crippen LogP contribution in [0.15, 0.2) is 24.5 Å². The van der Waals surface area contributed by atoms with Gasteiger partial charge in [0, 0.05) is 25.4 Å². The molecule has 0 radical (unpaired) electrons. The van der Waals surface area contributed by atoms with E-state index in [2.05, 4.69) is 10.4 Å². The van der Waals surface area contributed by atoms with E-state index in [-0.39, 0.29) is 0 Å². The quantitative estimate of drug-likeness (QED) is 0.876. The second-order valence-corrected chi connectivity index (χ2v) is 4.25. The third-order valence-corrected chi connectivity index (χ3v) is 2.97. The molecule has 1 aromatic carbocycles. The van der Waals surface area contributed by atoms with Crippen LogP contribution in [0.2, 0.25) is 0 Å². The SMILES string of the molecule is COc1ccc(CNc2cnn(C)c2)c(OC)c1OC. The summed E-state index contributed by atoms with van der Waals surface area (Å²) >= 11 is 0. The van der Waals surface area contributed by atoms with E-state index < -0.39 is 0 Å². The first-order valence-corrected chi connectivity index (χ1v) is 6.20. The summed E-state index contributed by atoms with van der Waals surface area (Å²) in [7, 11) is 6.69. The monoisotopic (exact) mass is 277 g/mol. The normalized spacial score (nSPS) is 10.2. The maximum Gasteiger partial charge on any atom is 0.203 e. The Hall–Kier alpha value is -2.37. The van der Waals surface area contributed by atoms with Gasteiger partial charge in [0.05, 0.1) is 33.2 Å². The lowest BCUT2D eigenvalue weighted by atomic mass is 10.1. The second-order valence-electron chi connectivity index (χ2n) is 4.25. The number of anilines is 1. The fourth-order valence-electron chi connectivity index (χ4n) is 2.01. The zero-order valence-corrected chi connectivity index (χ0v) is 12.1. The molecule has 108 valence electrons. The van der Waals surface area contributed by atoms with Crippen molar-refractivity contribution in [3.63, 3.8) is 0 Å². The number of nitrogens with zero attached hydrogens (tertiary/aromatic N) is 2. The average Bonchev–Trinajstić information content (AvgIpc) is 2.89. The zero-order valence-electron chi connectivity index (χ0n) is 12.1. The first-order valence-electron chi connectivity index (χ1n) is 6.20. The molecule has 0 aliphatic rings. The molecule has 1 aromatic heterocycles. The van der Waals surface area contributed by atoms with Crippen LogP contribution in [0.1, 0.15) is 5.56 Å². The summed E-state index contributed by atoms with van der Waals surface area (Å²) in [6.45, 7) is 0.606. The molecule has 1 heterocycles. The van der Waals surface area contributed by atoms with E-state index in [9.17, 15) is 0 Å². The van der Waals surface area contributed by atoms with Crippen LogP contribution in [0, 0.1) is 0 Å². The Kier molecular flexibility index (Phi) is 4.34.